The summed E-state index contributed by atoms with van der Waals surface area (Å²) >= 11 is 5.98. The molecule has 0 aliphatic rings. The smallest absolute Gasteiger partial charge is 0.0650 e. The highest BCUT2D eigenvalue weighted by molar-refractivity contribution is 6.30. The first-order chi connectivity index (χ1) is 9.81. The number of halogens is 1. The van der Waals surface area contributed by atoms with Gasteiger partial charge in [-0.2, -0.15) is 5.10 Å². The average Bonchev–Trinajstić information content (AvgIpc) is 3.00. The molecule has 0 aliphatic heterocycles. The van der Waals surface area contributed by atoms with Gasteiger partial charge in [-0.3, -0.25) is 5.10 Å². The fourth-order valence-electron chi connectivity index (χ4n) is 2.06. The summed E-state index contributed by atoms with van der Waals surface area (Å²) in [6, 6.07) is 18.0. The van der Waals surface area contributed by atoms with Gasteiger partial charge in [0.25, 0.3) is 0 Å². The van der Waals surface area contributed by atoms with Crippen molar-refractivity contribution in [2.75, 3.05) is 5.32 Å². The van der Waals surface area contributed by atoms with Crippen molar-refractivity contribution in [2.24, 2.45) is 0 Å². The summed E-state index contributed by atoms with van der Waals surface area (Å²) in [4.78, 5) is 0. The van der Waals surface area contributed by atoms with Crippen molar-refractivity contribution in [1.82, 2.24) is 10.2 Å². The van der Waals surface area contributed by atoms with E-state index in [4.69, 9.17) is 11.6 Å². The molecule has 0 saturated carbocycles. The van der Waals surface area contributed by atoms with Gasteiger partial charge in [0.1, 0.15) is 0 Å². The van der Waals surface area contributed by atoms with Crippen molar-refractivity contribution in [3.05, 3.63) is 71.4 Å². The van der Waals surface area contributed by atoms with E-state index >= 15 is 0 Å². The van der Waals surface area contributed by atoms with E-state index in [0.717, 1.165) is 34.1 Å². The van der Waals surface area contributed by atoms with Crippen LogP contribution in [0.25, 0.3) is 11.3 Å². The zero-order valence-electron chi connectivity index (χ0n) is 10.8. The van der Waals surface area contributed by atoms with Crippen LogP contribution in [0.2, 0.25) is 5.02 Å². The highest BCUT2D eigenvalue weighted by atomic mass is 35.5. The van der Waals surface area contributed by atoms with E-state index < -0.39 is 0 Å². The molecule has 0 radical (unpaired) electrons. The van der Waals surface area contributed by atoms with Crippen LogP contribution in [0.5, 0.6) is 0 Å². The molecule has 1 heterocycles. The molecule has 0 saturated heterocycles. The third-order valence-corrected chi connectivity index (χ3v) is 3.30. The van der Waals surface area contributed by atoms with Crippen molar-refractivity contribution in [1.29, 1.82) is 0 Å². The van der Waals surface area contributed by atoms with E-state index in [2.05, 4.69) is 33.7 Å². The van der Waals surface area contributed by atoms with Gasteiger partial charge in [-0.15, -0.1) is 0 Å². The number of aromatic nitrogens is 2. The molecule has 1 aromatic heterocycles. The third kappa shape index (κ3) is 3.00. The molecular formula is C16H14ClN3. The van der Waals surface area contributed by atoms with Crippen LogP contribution in [-0.2, 0) is 6.54 Å². The number of hydrogen-bond acceptors (Lipinski definition) is 2. The fourth-order valence-corrected chi connectivity index (χ4v) is 2.28. The van der Waals surface area contributed by atoms with Crippen LogP contribution in [0.15, 0.2) is 60.8 Å². The van der Waals surface area contributed by atoms with Gasteiger partial charge >= 0.3 is 0 Å². The minimum Gasteiger partial charge on any atom is -0.381 e. The van der Waals surface area contributed by atoms with E-state index in [9.17, 15) is 0 Å². The standard InChI is InChI=1S/C16H14ClN3/c17-14-5-1-3-12(9-14)11-18-15-6-2-4-13(10-15)16-7-8-19-20-16/h1-10,18H,11H2,(H,19,20). The fraction of sp³-hybridized carbons (Fsp3) is 0.0625. The summed E-state index contributed by atoms with van der Waals surface area (Å²) in [6.07, 6.45) is 1.75. The summed E-state index contributed by atoms with van der Waals surface area (Å²) in [5.74, 6) is 0. The first-order valence-electron chi connectivity index (χ1n) is 6.39. The van der Waals surface area contributed by atoms with Crippen LogP contribution in [0.3, 0.4) is 0 Å². The molecule has 3 nitrogen and oxygen atoms in total. The van der Waals surface area contributed by atoms with Crippen molar-refractivity contribution < 1.29 is 0 Å². The largest absolute Gasteiger partial charge is 0.381 e. The van der Waals surface area contributed by atoms with E-state index in [1.807, 2.05) is 36.4 Å². The number of anilines is 1. The van der Waals surface area contributed by atoms with E-state index in [-0.39, 0.29) is 0 Å². The molecule has 0 bridgehead atoms. The Bertz CT molecular complexity index is 692. The van der Waals surface area contributed by atoms with Crippen molar-refractivity contribution >= 4 is 17.3 Å². The number of rotatable bonds is 4. The zero-order chi connectivity index (χ0) is 13.8. The van der Waals surface area contributed by atoms with Crippen LogP contribution in [-0.4, -0.2) is 10.2 Å². The number of nitrogens with one attached hydrogen (secondary N) is 2. The minimum atomic E-state index is 0.743. The van der Waals surface area contributed by atoms with Crippen LogP contribution in [0, 0.1) is 0 Å². The van der Waals surface area contributed by atoms with E-state index in [0.29, 0.717) is 0 Å². The summed E-state index contributed by atoms with van der Waals surface area (Å²) in [6.45, 7) is 0.743. The van der Waals surface area contributed by atoms with Crippen LogP contribution in [0.4, 0.5) is 5.69 Å². The molecule has 0 unspecified atom stereocenters. The van der Waals surface area contributed by atoms with Crippen molar-refractivity contribution in [3.63, 3.8) is 0 Å². The quantitative estimate of drug-likeness (QED) is 0.748. The van der Waals surface area contributed by atoms with Gasteiger partial charge < -0.3 is 5.32 Å². The van der Waals surface area contributed by atoms with E-state index in [1.165, 1.54) is 0 Å². The minimum absolute atomic E-state index is 0.743. The molecule has 3 aromatic rings. The van der Waals surface area contributed by atoms with Gasteiger partial charge in [0.15, 0.2) is 0 Å². The number of benzene rings is 2. The van der Waals surface area contributed by atoms with Gasteiger partial charge in [0, 0.05) is 29.0 Å². The SMILES string of the molecule is Clc1cccc(CNc2cccc(-c3ccn[nH]3)c2)c1. The topological polar surface area (TPSA) is 40.7 Å². The lowest BCUT2D eigenvalue weighted by molar-refractivity contribution is 1.09. The monoisotopic (exact) mass is 283 g/mol. The maximum Gasteiger partial charge on any atom is 0.0650 e. The Balaban J connectivity index is 1.73. The normalized spacial score (nSPS) is 10.4. The highest BCUT2D eigenvalue weighted by Crippen LogP contribution is 2.21. The van der Waals surface area contributed by atoms with Crippen LogP contribution >= 0.6 is 11.6 Å². The first kappa shape index (κ1) is 12.8. The summed E-state index contributed by atoms with van der Waals surface area (Å²) < 4.78 is 0. The number of aromatic amines is 1. The molecule has 3 rings (SSSR count). The van der Waals surface area contributed by atoms with Gasteiger partial charge in [-0.05, 0) is 35.9 Å². The van der Waals surface area contributed by atoms with Crippen molar-refractivity contribution in [3.8, 4) is 11.3 Å². The summed E-state index contributed by atoms with van der Waals surface area (Å²) in [5, 5.41) is 11.1. The molecule has 4 heteroatoms. The molecule has 0 atom stereocenters. The molecule has 0 aliphatic carbocycles. The maximum atomic E-state index is 5.98. The van der Waals surface area contributed by atoms with E-state index in [1.54, 1.807) is 6.20 Å². The summed E-state index contributed by atoms with van der Waals surface area (Å²) in [7, 11) is 0. The van der Waals surface area contributed by atoms with Gasteiger partial charge in [-0.1, -0.05) is 35.9 Å². The molecule has 0 amide bonds. The Labute approximate surface area is 122 Å². The highest BCUT2D eigenvalue weighted by Gasteiger charge is 2.00. The zero-order valence-corrected chi connectivity index (χ0v) is 11.6. The predicted molar refractivity (Wildman–Crippen MR) is 82.8 cm³/mol. The lowest BCUT2D eigenvalue weighted by atomic mass is 10.1. The second-order valence-electron chi connectivity index (χ2n) is 4.53. The second kappa shape index (κ2) is 5.80. The molecular weight excluding hydrogens is 270 g/mol. The van der Waals surface area contributed by atoms with Gasteiger partial charge in [0.05, 0.1) is 5.69 Å². The molecule has 2 aromatic carbocycles. The number of nitrogens with zero attached hydrogens (tertiary/aromatic N) is 1. The van der Waals surface area contributed by atoms with Gasteiger partial charge in [0.2, 0.25) is 0 Å². The first-order valence-corrected chi connectivity index (χ1v) is 6.77. The lowest BCUT2D eigenvalue weighted by Gasteiger charge is -2.08. The van der Waals surface area contributed by atoms with Crippen molar-refractivity contribution in [2.45, 2.75) is 6.54 Å². The Morgan fingerprint density at radius 1 is 1.05 bits per heavy atom. The number of hydrogen-bond donors (Lipinski definition) is 2. The molecule has 0 spiro atoms. The average molecular weight is 284 g/mol. The van der Waals surface area contributed by atoms with Crippen LogP contribution < -0.4 is 5.32 Å². The Kier molecular flexibility index (Phi) is 3.70. The van der Waals surface area contributed by atoms with Crippen LogP contribution in [0.1, 0.15) is 5.56 Å². The predicted octanol–water partition coefficient (Wildman–Crippen LogP) is 4.34. The molecule has 100 valence electrons. The maximum absolute atomic E-state index is 5.98. The van der Waals surface area contributed by atoms with Gasteiger partial charge in [-0.25, -0.2) is 0 Å². The third-order valence-electron chi connectivity index (χ3n) is 3.06. The second-order valence-corrected chi connectivity index (χ2v) is 4.97. The Hall–Kier alpha value is -2.26. The molecule has 2 N–H and O–H groups in total. The lowest BCUT2D eigenvalue weighted by Crippen LogP contribution is -1.99. The molecule has 0 fully saturated rings. The number of H-pyrrole nitrogens is 1. The summed E-state index contributed by atoms with van der Waals surface area (Å²) in [5.41, 5.74) is 4.34. The molecule has 20 heavy (non-hydrogen) atoms. The Morgan fingerprint density at radius 3 is 2.75 bits per heavy atom. The Morgan fingerprint density at radius 2 is 1.95 bits per heavy atom.